The van der Waals surface area contributed by atoms with E-state index < -0.39 is 0 Å². The summed E-state index contributed by atoms with van der Waals surface area (Å²) in [5.74, 6) is 0.835. The Balaban J connectivity index is 1.44. The van der Waals surface area contributed by atoms with Gasteiger partial charge in [0.1, 0.15) is 0 Å². The number of thiophene rings is 1. The molecule has 2 heterocycles. The highest BCUT2D eigenvalue weighted by molar-refractivity contribution is 7.10. The number of carbonyl (C=O) groups excluding carboxylic acids is 1. The number of anilines is 1. The molecular weight excluding hydrogens is 412 g/mol. The number of para-hydroxylation sites is 1. The normalized spacial score (nSPS) is 26.5. The maximum Gasteiger partial charge on any atom is 0.229 e. The lowest BCUT2D eigenvalue weighted by atomic mass is 9.67. The van der Waals surface area contributed by atoms with Gasteiger partial charge in [-0.2, -0.15) is 0 Å². The van der Waals surface area contributed by atoms with Gasteiger partial charge in [-0.15, -0.1) is 11.3 Å². The van der Waals surface area contributed by atoms with Gasteiger partial charge in [0, 0.05) is 21.9 Å². The summed E-state index contributed by atoms with van der Waals surface area (Å²) in [6, 6.07) is 23.2. The fraction of sp³-hybridized carbons (Fsp3) is 0.286. The third-order valence-corrected chi connectivity index (χ3v) is 8.79. The minimum atomic E-state index is -0.0819. The van der Waals surface area contributed by atoms with Crippen LogP contribution in [-0.4, -0.2) is 10.9 Å². The number of nitrogens with zero attached hydrogens (tertiary/aromatic N) is 1. The fourth-order valence-electron chi connectivity index (χ4n) is 6.34. The molecule has 160 valence electrons. The van der Waals surface area contributed by atoms with Gasteiger partial charge in [0.25, 0.3) is 0 Å². The van der Waals surface area contributed by atoms with Gasteiger partial charge in [0.05, 0.1) is 17.1 Å². The number of amides is 1. The van der Waals surface area contributed by atoms with Crippen molar-refractivity contribution in [2.45, 2.75) is 37.5 Å². The van der Waals surface area contributed by atoms with Crippen LogP contribution in [0.5, 0.6) is 0 Å². The molecule has 2 aliphatic carbocycles. The highest BCUT2D eigenvalue weighted by Crippen LogP contribution is 2.65. The molecule has 4 unspecified atom stereocenters. The maximum atomic E-state index is 14.1. The lowest BCUT2D eigenvalue weighted by molar-refractivity contribution is -0.122. The minimum Gasteiger partial charge on any atom is -0.324 e. The van der Waals surface area contributed by atoms with Crippen LogP contribution in [-0.2, 0) is 10.2 Å². The van der Waals surface area contributed by atoms with Crippen molar-refractivity contribution in [1.29, 1.82) is 0 Å². The molecule has 0 aliphatic heterocycles. The average molecular weight is 439 g/mol. The van der Waals surface area contributed by atoms with Crippen LogP contribution in [0.2, 0.25) is 0 Å². The van der Waals surface area contributed by atoms with Crippen LogP contribution in [0, 0.1) is 18.8 Å². The molecule has 1 amide bonds. The van der Waals surface area contributed by atoms with Gasteiger partial charge in [-0.25, -0.2) is 0 Å². The number of carbonyl (C=O) groups is 1. The van der Waals surface area contributed by atoms with E-state index >= 15 is 0 Å². The zero-order valence-corrected chi connectivity index (χ0v) is 18.9. The third kappa shape index (κ3) is 3.01. The molecule has 2 saturated carbocycles. The first-order valence-electron chi connectivity index (χ1n) is 11.4. The van der Waals surface area contributed by atoms with Gasteiger partial charge in [-0.3, -0.25) is 9.78 Å². The molecule has 1 N–H and O–H groups in total. The first-order chi connectivity index (χ1) is 15.7. The van der Waals surface area contributed by atoms with Crippen LogP contribution in [0.4, 0.5) is 5.69 Å². The second-order valence-corrected chi connectivity index (χ2v) is 10.4. The van der Waals surface area contributed by atoms with E-state index in [0.717, 1.165) is 29.4 Å². The van der Waals surface area contributed by atoms with Gasteiger partial charge in [-0.1, -0.05) is 54.1 Å². The Kier molecular flexibility index (Phi) is 4.65. The number of rotatable bonds is 4. The van der Waals surface area contributed by atoms with Gasteiger partial charge >= 0.3 is 0 Å². The Bertz CT molecular complexity index is 1280. The molecule has 2 fully saturated rings. The third-order valence-electron chi connectivity index (χ3n) is 7.70. The molecule has 0 spiro atoms. The lowest BCUT2D eigenvalue weighted by Crippen LogP contribution is -2.41. The standard InChI is InChI=1S/C28H26N2OS/c1-18-9-11-19(12-10-18)24-21-13-14-28(17-21,23-8-4-16-32-23)25(24)27(31)30-22-7-2-5-20-6-3-15-29-26(20)22/h2-12,15-16,21,24-25H,13-14,17H2,1H3,(H,30,31). The van der Waals surface area contributed by atoms with Crippen molar-refractivity contribution < 1.29 is 4.79 Å². The predicted molar refractivity (Wildman–Crippen MR) is 131 cm³/mol. The van der Waals surface area contributed by atoms with Crippen LogP contribution >= 0.6 is 11.3 Å². The smallest absolute Gasteiger partial charge is 0.229 e. The van der Waals surface area contributed by atoms with E-state index in [0.29, 0.717) is 5.92 Å². The summed E-state index contributed by atoms with van der Waals surface area (Å²) in [5, 5.41) is 6.51. The molecule has 32 heavy (non-hydrogen) atoms. The molecule has 0 radical (unpaired) electrons. The number of aryl methyl sites for hydroxylation is 1. The Morgan fingerprint density at radius 3 is 2.72 bits per heavy atom. The number of aromatic nitrogens is 1. The average Bonchev–Trinajstić information content (AvgIpc) is 3.56. The topological polar surface area (TPSA) is 42.0 Å². The summed E-state index contributed by atoms with van der Waals surface area (Å²) < 4.78 is 0. The monoisotopic (exact) mass is 438 g/mol. The van der Waals surface area contributed by atoms with Crippen molar-refractivity contribution in [3.8, 4) is 0 Å². The summed E-state index contributed by atoms with van der Waals surface area (Å²) in [4.78, 5) is 20.0. The summed E-state index contributed by atoms with van der Waals surface area (Å²) in [7, 11) is 0. The zero-order chi connectivity index (χ0) is 21.7. The minimum absolute atomic E-state index is 0.0729. The van der Waals surface area contributed by atoms with Crippen molar-refractivity contribution in [2.24, 2.45) is 11.8 Å². The molecule has 2 aromatic heterocycles. The molecule has 2 aliphatic rings. The zero-order valence-electron chi connectivity index (χ0n) is 18.1. The number of hydrogen-bond acceptors (Lipinski definition) is 3. The van der Waals surface area contributed by atoms with Crippen molar-refractivity contribution in [1.82, 2.24) is 4.98 Å². The first kappa shape index (κ1) is 19.7. The Hall–Kier alpha value is -2.98. The SMILES string of the molecule is Cc1ccc(C2C3CCC(c4cccs4)(C3)C2C(=O)Nc2cccc3cccnc23)cc1. The van der Waals surface area contributed by atoms with E-state index in [1.807, 2.05) is 41.7 Å². The summed E-state index contributed by atoms with van der Waals surface area (Å²) >= 11 is 1.81. The molecule has 6 rings (SSSR count). The van der Waals surface area contributed by atoms with Gasteiger partial charge < -0.3 is 5.32 Å². The van der Waals surface area contributed by atoms with Crippen molar-refractivity contribution in [2.75, 3.05) is 5.32 Å². The van der Waals surface area contributed by atoms with E-state index in [2.05, 4.69) is 59.0 Å². The lowest BCUT2D eigenvalue weighted by Gasteiger charge is -2.38. The Labute approximate surface area is 192 Å². The van der Waals surface area contributed by atoms with Crippen LogP contribution in [0.1, 0.15) is 41.2 Å². The van der Waals surface area contributed by atoms with Crippen molar-refractivity contribution in [3.63, 3.8) is 0 Å². The van der Waals surface area contributed by atoms with E-state index in [-0.39, 0.29) is 23.2 Å². The summed E-state index contributed by atoms with van der Waals surface area (Å²) in [5.41, 5.74) is 4.14. The molecule has 0 saturated heterocycles. The van der Waals surface area contributed by atoms with Crippen LogP contribution < -0.4 is 5.32 Å². The van der Waals surface area contributed by atoms with Gasteiger partial charge in [-0.05, 0) is 67.2 Å². The van der Waals surface area contributed by atoms with Crippen LogP contribution in [0.3, 0.4) is 0 Å². The van der Waals surface area contributed by atoms with Crippen LogP contribution in [0.25, 0.3) is 10.9 Å². The fourth-order valence-corrected chi connectivity index (χ4v) is 7.35. The maximum absolute atomic E-state index is 14.1. The second-order valence-electron chi connectivity index (χ2n) is 9.42. The molecule has 2 aromatic carbocycles. The number of fused-ring (bicyclic) bond motifs is 3. The highest BCUT2D eigenvalue weighted by Gasteiger charge is 2.61. The number of nitrogens with one attached hydrogen (secondary N) is 1. The van der Waals surface area contributed by atoms with E-state index in [9.17, 15) is 4.79 Å². The molecular formula is C28H26N2OS. The molecule has 4 atom stereocenters. The van der Waals surface area contributed by atoms with Crippen molar-refractivity contribution in [3.05, 3.63) is 94.3 Å². The molecule has 4 aromatic rings. The van der Waals surface area contributed by atoms with E-state index in [1.165, 1.54) is 22.4 Å². The first-order valence-corrected chi connectivity index (χ1v) is 12.3. The number of benzene rings is 2. The Morgan fingerprint density at radius 1 is 1.06 bits per heavy atom. The summed E-state index contributed by atoms with van der Waals surface area (Å²) in [6.07, 6.45) is 5.16. The second kappa shape index (κ2) is 7.56. The Morgan fingerprint density at radius 2 is 1.91 bits per heavy atom. The largest absolute Gasteiger partial charge is 0.324 e. The number of pyridine rings is 1. The summed E-state index contributed by atoms with van der Waals surface area (Å²) in [6.45, 7) is 2.12. The van der Waals surface area contributed by atoms with E-state index in [1.54, 1.807) is 6.20 Å². The quantitative estimate of drug-likeness (QED) is 0.385. The molecule has 4 heteroatoms. The highest BCUT2D eigenvalue weighted by atomic mass is 32.1. The van der Waals surface area contributed by atoms with Crippen LogP contribution in [0.15, 0.2) is 78.3 Å². The van der Waals surface area contributed by atoms with E-state index in [4.69, 9.17) is 0 Å². The van der Waals surface area contributed by atoms with Gasteiger partial charge in [0.2, 0.25) is 5.91 Å². The molecule has 2 bridgehead atoms. The predicted octanol–water partition coefficient (Wildman–Crippen LogP) is 6.69. The van der Waals surface area contributed by atoms with Crippen molar-refractivity contribution >= 4 is 33.8 Å². The number of hydrogen-bond donors (Lipinski definition) is 1. The van der Waals surface area contributed by atoms with Gasteiger partial charge in [0.15, 0.2) is 0 Å². The molecule has 3 nitrogen and oxygen atoms in total.